The number of phenolic OH excluding ortho intramolecular Hbond substituents is 1. The fraction of sp³-hybridized carbons (Fsp3) is 0.316. The fourth-order valence-corrected chi connectivity index (χ4v) is 3.07. The van der Waals surface area contributed by atoms with Gasteiger partial charge in [0.2, 0.25) is 5.75 Å². The molecular formula is C19H20N2O5. The van der Waals surface area contributed by atoms with Crippen LogP contribution in [0.1, 0.15) is 35.9 Å². The zero-order valence-electron chi connectivity index (χ0n) is 14.6. The molecule has 0 bridgehead atoms. The summed E-state index contributed by atoms with van der Waals surface area (Å²) in [6.45, 7) is 4.33. The van der Waals surface area contributed by atoms with Crippen LogP contribution in [0.5, 0.6) is 5.75 Å². The molecule has 1 atom stereocenters. The first-order valence-corrected chi connectivity index (χ1v) is 8.26. The molecule has 3 rings (SSSR count). The summed E-state index contributed by atoms with van der Waals surface area (Å²) in [6.07, 6.45) is -0.297. The number of aromatic hydroxyl groups is 1. The number of carbonyl (C=O) groups excluding carboxylic acids is 1. The van der Waals surface area contributed by atoms with E-state index in [9.17, 15) is 20.0 Å². The van der Waals surface area contributed by atoms with Crippen molar-refractivity contribution in [3.8, 4) is 5.75 Å². The van der Waals surface area contributed by atoms with Crippen molar-refractivity contribution in [1.29, 1.82) is 0 Å². The van der Waals surface area contributed by atoms with E-state index in [1.807, 2.05) is 44.2 Å². The average Bonchev–Trinajstić information content (AvgIpc) is 2.61. The number of phenols is 1. The Morgan fingerprint density at radius 2 is 1.92 bits per heavy atom. The first-order valence-electron chi connectivity index (χ1n) is 8.26. The topological polar surface area (TPSA) is 92.9 Å². The van der Waals surface area contributed by atoms with Gasteiger partial charge in [-0.15, -0.1) is 0 Å². The molecule has 136 valence electrons. The number of para-hydroxylation sites is 1. The molecule has 7 heteroatoms. The number of rotatable bonds is 3. The van der Waals surface area contributed by atoms with Gasteiger partial charge in [-0.1, -0.05) is 36.4 Å². The molecule has 2 aromatic rings. The quantitative estimate of drug-likeness (QED) is 0.673. The number of nitro benzene ring substituents is 1. The van der Waals surface area contributed by atoms with Crippen LogP contribution in [-0.4, -0.2) is 39.5 Å². The molecule has 0 unspecified atom stereocenters. The van der Waals surface area contributed by atoms with Crippen LogP contribution in [0.2, 0.25) is 0 Å². The molecular weight excluding hydrogens is 336 g/mol. The molecule has 1 aliphatic rings. The molecule has 1 amide bonds. The molecule has 2 aromatic carbocycles. The van der Waals surface area contributed by atoms with E-state index in [4.69, 9.17) is 4.74 Å². The van der Waals surface area contributed by atoms with Gasteiger partial charge in [0.25, 0.3) is 5.91 Å². The number of carbonyl (C=O) groups is 1. The lowest BCUT2D eigenvalue weighted by Crippen LogP contribution is -2.56. The van der Waals surface area contributed by atoms with E-state index in [1.54, 1.807) is 4.90 Å². The normalized spacial score (nSPS) is 19.2. The Kier molecular flexibility index (Phi) is 4.65. The van der Waals surface area contributed by atoms with Gasteiger partial charge in [-0.2, -0.15) is 0 Å². The molecule has 0 aliphatic carbocycles. The fourth-order valence-electron chi connectivity index (χ4n) is 3.07. The van der Waals surface area contributed by atoms with Crippen LogP contribution in [0, 0.1) is 10.1 Å². The lowest BCUT2D eigenvalue weighted by molar-refractivity contribution is -0.385. The number of ether oxygens (including phenoxy) is 1. The highest BCUT2D eigenvalue weighted by Gasteiger charge is 2.40. The number of nitro groups is 1. The monoisotopic (exact) mass is 356 g/mol. The molecule has 0 aromatic heterocycles. The minimum Gasteiger partial charge on any atom is -0.502 e. The lowest BCUT2D eigenvalue weighted by atomic mass is 9.96. The minimum atomic E-state index is -0.705. The summed E-state index contributed by atoms with van der Waals surface area (Å²) in [7, 11) is 0. The molecule has 0 spiro atoms. The number of amides is 1. The molecule has 1 aliphatic heterocycles. The maximum absolute atomic E-state index is 13.1. The summed E-state index contributed by atoms with van der Waals surface area (Å²) in [5.74, 6) is -1.07. The Balaban J connectivity index is 1.94. The van der Waals surface area contributed by atoms with Crippen LogP contribution < -0.4 is 0 Å². The van der Waals surface area contributed by atoms with Gasteiger partial charge in [0.15, 0.2) is 0 Å². The van der Waals surface area contributed by atoms with Gasteiger partial charge in [-0.05, 0) is 25.5 Å². The van der Waals surface area contributed by atoms with E-state index in [0.29, 0.717) is 6.61 Å². The van der Waals surface area contributed by atoms with Gasteiger partial charge in [-0.3, -0.25) is 14.9 Å². The third-order valence-corrected chi connectivity index (χ3v) is 4.58. The van der Waals surface area contributed by atoms with E-state index in [1.165, 1.54) is 18.2 Å². The summed E-state index contributed by atoms with van der Waals surface area (Å²) >= 11 is 0. The van der Waals surface area contributed by atoms with Crippen molar-refractivity contribution in [2.75, 3.05) is 13.2 Å². The van der Waals surface area contributed by atoms with E-state index in [0.717, 1.165) is 5.56 Å². The third-order valence-electron chi connectivity index (χ3n) is 4.58. The zero-order chi connectivity index (χ0) is 18.9. The summed E-state index contributed by atoms with van der Waals surface area (Å²) in [5.41, 5.74) is -0.231. The summed E-state index contributed by atoms with van der Waals surface area (Å²) in [6, 6.07) is 13.5. The maximum atomic E-state index is 13.1. The molecule has 26 heavy (non-hydrogen) atoms. The van der Waals surface area contributed by atoms with Crippen molar-refractivity contribution in [3.63, 3.8) is 0 Å². The number of hydrogen-bond acceptors (Lipinski definition) is 5. The van der Waals surface area contributed by atoms with Gasteiger partial charge < -0.3 is 14.7 Å². The molecule has 0 radical (unpaired) electrons. The highest BCUT2D eigenvalue weighted by Crippen LogP contribution is 2.35. The van der Waals surface area contributed by atoms with E-state index in [-0.39, 0.29) is 18.2 Å². The first-order chi connectivity index (χ1) is 12.3. The minimum absolute atomic E-state index is 0.0824. The van der Waals surface area contributed by atoms with E-state index >= 15 is 0 Å². The SMILES string of the molecule is CC1(C)CO[C@H](c2ccccc2)CN1C(=O)c1cccc([N+](=O)[O-])c1O. The molecule has 1 heterocycles. The summed E-state index contributed by atoms with van der Waals surface area (Å²) in [5, 5.41) is 21.2. The smallest absolute Gasteiger partial charge is 0.311 e. The van der Waals surface area contributed by atoms with Crippen molar-refractivity contribution < 1.29 is 19.6 Å². The van der Waals surface area contributed by atoms with Crippen molar-refractivity contribution >= 4 is 11.6 Å². The Bertz CT molecular complexity index is 835. The van der Waals surface area contributed by atoms with Gasteiger partial charge in [0, 0.05) is 6.07 Å². The second-order valence-corrected chi connectivity index (χ2v) is 6.87. The second kappa shape index (κ2) is 6.76. The maximum Gasteiger partial charge on any atom is 0.311 e. The Morgan fingerprint density at radius 1 is 1.23 bits per heavy atom. The standard InChI is InChI=1S/C19H20N2O5/c1-19(2)12-26-16(13-7-4-3-5-8-13)11-20(19)18(23)14-9-6-10-15(17(14)22)21(24)25/h3-10,16,22H,11-12H2,1-2H3/t16-/m0/s1. The van der Waals surface area contributed by atoms with Gasteiger partial charge in [0.05, 0.1) is 29.2 Å². The number of nitrogens with zero attached hydrogens (tertiary/aromatic N) is 2. The van der Waals surface area contributed by atoms with E-state index < -0.39 is 27.8 Å². The van der Waals surface area contributed by atoms with Crippen molar-refractivity contribution in [2.24, 2.45) is 0 Å². The predicted octanol–water partition coefficient (Wildman–Crippen LogP) is 3.29. The van der Waals surface area contributed by atoms with Crippen LogP contribution in [-0.2, 0) is 4.74 Å². The second-order valence-electron chi connectivity index (χ2n) is 6.87. The molecule has 0 saturated carbocycles. The van der Waals surface area contributed by atoms with Crippen LogP contribution >= 0.6 is 0 Å². The molecule has 7 nitrogen and oxygen atoms in total. The van der Waals surface area contributed by atoms with Crippen molar-refractivity contribution in [3.05, 3.63) is 69.8 Å². The van der Waals surface area contributed by atoms with Gasteiger partial charge >= 0.3 is 5.69 Å². The Labute approximate surface area is 151 Å². The van der Waals surface area contributed by atoms with Gasteiger partial charge in [0.1, 0.15) is 6.10 Å². The number of morpholine rings is 1. The largest absolute Gasteiger partial charge is 0.502 e. The van der Waals surface area contributed by atoms with Crippen LogP contribution in [0.15, 0.2) is 48.5 Å². The lowest BCUT2D eigenvalue weighted by Gasteiger charge is -2.45. The third kappa shape index (κ3) is 3.25. The van der Waals surface area contributed by atoms with Crippen LogP contribution in [0.25, 0.3) is 0 Å². The van der Waals surface area contributed by atoms with Crippen LogP contribution in [0.3, 0.4) is 0 Å². The van der Waals surface area contributed by atoms with Crippen molar-refractivity contribution in [2.45, 2.75) is 25.5 Å². The average molecular weight is 356 g/mol. The summed E-state index contributed by atoms with van der Waals surface area (Å²) in [4.78, 5) is 25.0. The molecule has 1 N–H and O–H groups in total. The number of benzene rings is 2. The highest BCUT2D eigenvalue weighted by atomic mass is 16.6. The summed E-state index contributed by atoms with van der Waals surface area (Å²) < 4.78 is 5.92. The Morgan fingerprint density at radius 3 is 2.58 bits per heavy atom. The zero-order valence-corrected chi connectivity index (χ0v) is 14.6. The van der Waals surface area contributed by atoms with E-state index in [2.05, 4.69) is 0 Å². The first kappa shape index (κ1) is 17.9. The predicted molar refractivity (Wildman–Crippen MR) is 95.0 cm³/mol. The number of hydrogen-bond donors (Lipinski definition) is 1. The highest BCUT2D eigenvalue weighted by molar-refractivity contribution is 5.98. The molecule has 1 saturated heterocycles. The van der Waals surface area contributed by atoms with Gasteiger partial charge in [-0.25, -0.2) is 0 Å². The Hall–Kier alpha value is -2.93. The van der Waals surface area contributed by atoms with Crippen LogP contribution in [0.4, 0.5) is 5.69 Å². The van der Waals surface area contributed by atoms with Crippen molar-refractivity contribution in [1.82, 2.24) is 4.90 Å². The molecule has 1 fully saturated rings.